The number of fused-ring (bicyclic) bond motifs is 2. The van der Waals surface area contributed by atoms with Gasteiger partial charge in [-0.15, -0.1) is 0 Å². The van der Waals surface area contributed by atoms with Gasteiger partial charge in [-0.1, -0.05) is 6.07 Å². The summed E-state index contributed by atoms with van der Waals surface area (Å²) in [6.45, 7) is 0. The second-order valence-corrected chi connectivity index (χ2v) is 6.83. The van der Waals surface area contributed by atoms with E-state index in [-0.39, 0.29) is 28.7 Å². The van der Waals surface area contributed by atoms with Gasteiger partial charge in [-0.2, -0.15) is 10.2 Å². The zero-order valence-corrected chi connectivity index (χ0v) is 17.1. The van der Waals surface area contributed by atoms with Gasteiger partial charge in [0.1, 0.15) is 28.9 Å². The Morgan fingerprint density at radius 2 is 1.74 bits per heavy atom. The summed E-state index contributed by atoms with van der Waals surface area (Å²) < 4.78 is 22.3. The maximum absolute atomic E-state index is 9.97. The Morgan fingerprint density at radius 3 is 2.32 bits per heavy atom. The number of nitrogens with zero attached hydrogens (tertiary/aromatic N) is 2. The van der Waals surface area contributed by atoms with Gasteiger partial charge in [-0.25, -0.2) is 0 Å². The third-order valence-electron chi connectivity index (χ3n) is 5.20. The lowest BCUT2D eigenvalue weighted by molar-refractivity contribution is 0.323. The normalized spacial score (nSPS) is 13.9. The fourth-order valence-corrected chi connectivity index (χ4v) is 3.81. The molecule has 9 heteroatoms. The van der Waals surface area contributed by atoms with Crippen molar-refractivity contribution in [2.75, 3.05) is 32.8 Å². The Hall–Kier alpha value is -4.32. The minimum atomic E-state index is -0.506. The van der Waals surface area contributed by atoms with Crippen LogP contribution in [0.4, 0.5) is 11.5 Å². The summed E-state index contributed by atoms with van der Waals surface area (Å²) >= 11 is 0. The fourth-order valence-electron chi connectivity index (χ4n) is 3.81. The summed E-state index contributed by atoms with van der Waals surface area (Å²) in [6, 6.07) is 10.3. The Morgan fingerprint density at radius 1 is 1.06 bits per heavy atom. The first-order valence-corrected chi connectivity index (χ1v) is 9.23. The predicted octanol–water partition coefficient (Wildman–Crippen LogP) is 3.13. The van der Waals surface area contributed by atoms with E-state index in [4.69, 9.17) is 30.4 Å². The SMILES string of the molecule is COc1cc(C2c3ccc(O)cc3Oc3nc(N)c(C#N)c(N)c32)cc(OC)c1OC. The third-order valence-corrected chi connectivity index (χ3v) is 5.20. The molecule has 31 heavy (non-hydrogen) atoms. The van der Waals surface area contributed by atoms with Gasteiger partial charge >= 0.3 is 0 Å². The van der Waals surface area contributed by atoms with Gasteiger partial charge in [-0.05, 0) is 23.8 Å². The van der Waals surface area contributed by atoms with Crippen molar-refractivity contribution in [3.63, 3.8) is 0 Å². The van der Waals surface area contributed by atoms with Crippen LogP contribution in [0.15, 0.2) is 30.3 Å². The van der Waals surface area contributed by atoms with Crippen LogP contribution in [0.1, 0.15) is 28.2 Å². The Kier molecular flexibility index (Phi) is 4.83. The summed E-state index contributed by atoms with van der Waals surface area (Å²) in [6.07, 6.45) is 0. The van der Waals surface area contributed by atoms with Crippen LogP contribution in [-0.2, 0) is 0 Å². The van der Waals surface area contributed by atoms with E-state index < -0.39 is 5.92 Å². The van der Waals surface area contributed by atoms with E-state index in [9.17, 15) is 10.4 Å². The van der Waals surface area contributed by atoms with Crippen molar-refractivity contribution in [3.8, 4) is 40.7 Å². The molecule has 0 saturated carbocycles. The summed E-state index contributed by atoms with van der Waals surface area (Å²) in [5.74, 6) is 1.38. The van der Waals surface area contributed by atoms with Crippen LogP contribution in [0.5, 0.6) is 34.6 Å². The van der Waals surface area contributed by atoms with E-state index in [1.54, 1.807) is 24.3 Å². The van der Waals surface area contributed by atoms with Crippen molar-refractivity contribution in [3.05, 3.63) is 52.6 Å². The molecule has 0 saturated heterocycles. The number of aromatic nitrogens is 1. The topological polar surface area (TPSA) is 146 Å². The molecule has 1 aliphatic heterocycles. The molecule has 4 rings (SSSR count). The van der Waals surface area contributed by atoms with Crippen LogP contribution >= 0.6 is 0 Å². The van der Waals surface area contributed by atoms with Crippen LogP contribution in [0, 0.1) is 11.3 Å². The van der Waals surface area contributed by atoms with E-state index in [1.807, 2.05) is 6.07 Å². The largest absolute Gasteiger partial charge is 0.508 e. The van der Waals surface area contributed by atoms with E-state index in [1.165, 1.54) is 27.4 Å². The van der Waals surface area contributed by atoms with Crippen LogP contribution in [0.25, 0.3) is 0 Å². The lowest BCUT2D eigenvalue weighted by Gasteiger charge is -2.30. The minimum absolute atomic E-state index is 0.0282. The number of nitrogens with two attached hydrogens (primary N) is 2. The van der Waals surface area contributed by atoms with Crippen molar-refractivity contribution < 1.29 is 24.1 Å². The molecule has 0 amide bonds. The highest BCUT2D eigenvalue weighted by Gasteiger charge is 2.35. The quantitative estimate of drug-likeness (QED) is 0.453. The molecule has 0 radical (unpaired) electrons. The number of aromatic hydroxyl groups is 1. The molecule has 1 aromatic heterocycles. The second kappa shape index (κ2) is 7.50. The van der Waals surface area contributed by atoms with Crippen molar-refractivity contribution in [1.82, 2.24) is 4.98 Å². The molecular weight excluding hydrogens is 400 g/mol. The van der Waals surface area contributed by atoms with Crippen molar-refractivity contribution in [1.29, 1.82) is 5.26 Å². The number of phenolic OH excluding ortho intramolecular Hbond substituents is 1. The number of anilines is 2. The number of phenols is 1. The van der Waals surface area contributed by atoms with E-state index in [0.717, 1.165) is 5.56 Å². The predicted molar refractivity (Wildman–Crippen MR) is 113 cm³/mol. The zero-order chi connectivity index (χ0) is 22.3. The zero-order valence-electron chi connectivity index (χ0n) is 17.1. The molecule has 1 atom stereocenters. The van der Waals surface area contributed by atoms with E-state index in [2.05, 4.69) is 4.98 Å². The number of rotatable bonds is 4. The molecule has 1 aliphatic rings. The minimum Gasteiger partial charge on any atom is -0.508 e. The van der Waals surface area contributed by atoms with Crippen molar-refractivity contribution >= 4 is 11.5 Å². The number of hydrogen-bond donors (Lipinski definition) is 3. The first-order valence-electron chi connectivity index (χ1n) is 9.23. The summed E-state index contributed by atoms with van der Waals surface area (Å²) in [5.41, 5.74) is 14.5. The maximum atomic E-state index is 9.97. The number of pyridine rings is 1. The first-order chi connectivity index (χ1) is 14.9. The number of benzene rings is 2. The van der Waals surface area contributed by atoms with E-state index >= 15 is 0 Å². The van der Waals surface area contributed by atoms with Crippen molar-refractivity contribution in [2.24, 2.45) is 0 Å². The Balaban J connectivity index is 2.06. The van der Waals surface area contributed by atoms with Crippen LogP contribution in [0.2, 0.25) is 0 Å². The molecule has 1 unspecified atom stereocenters. The number of nitriles is 1. The molecule has 0 bridgehead atoms. The highest BCUT2D eigenvalue weighted by molar-refractivity contribution is 5.76. The van der Waals surface area contributed by atoms with Crippen molar-refractivity contribution in [2.45, 2.75) is 5.92 Å². The third kappa shape index (κ3) is 3.05. The van der Waals surface area contributed by atoms with Crippen LogP contribution in [-0.4, -0.2) is 31.4 Å². The Bertz CT molecular complexity index is 1210. The van der Waals surface area contributed by atoms with Crippen LogP contribution in [0.3, 0.4) is 0 Å². The molecule has 158 valence electrons. The number of methoxy groups -OCH3 is 3. The summed E-state index contributed by atoms with van der Waals surface area (Å²) in [5, 5.41) is 19.5. The molecular formula is C22H20N4O5. The molecule has 2 aromatic carbocycles. The smallest absolute Gasteiger partial charge is 0.227 e. The molecule has 5 N–H and O–H groups in total. The highest BCUT2D eigenvalue weighted by Crippen LogP contribution is 2.52. The lowest BCUT2D eigenvalue weighted by atomic mass is 9.82. The van der Waals surface area contributed by atoms with Crippen LogP contribution < -0.4 is 30.4 Å². The monoisotopic (exact) mass is 420 g/mol. The molecule has 2 heterocycles. The second-order valence-electron chi connectivity index (χ2n) is 6.83. The Labute approximate surface area is 178 Å². The van der Waals surface area contributed by atoms with Gasteiger partial charge < -0.3 is 35.5 Å². The van der Waals surface area contributed by atoms with Gasteiger partial charge in [0, 0.05) is 17.5 Å². The average Bonchev–Trinajstić information content (AvgIpc) is 2.76. The maximum Gasteiger partial charge on any atom is 0.227 e. The van der Waals surface area contributed by atoms with Gasteiger partial charge in [0.15, 0.2) is 11.5 Å². The van der Waals surface area contributed by atoms with E-state index in [0.29, 0.717) is 34.1 Å². The number of nitrogen functional groups attached to an aromatic ring is 2. The van der Waals surface area contributed by atoms with Gasteiger partial charge in [0.2, 0.25) is 11.6 Å². The summed E-state index contributed by atoms with van der Waals surface area (Å²) in [7, 11) is 4.57. The van der Waals surface area contributed by atoms with Gasteiger partial charge in [-0.3, -0.25) is 0 Å². The first kappa shape index (κ1) is 20.0. The standard InChI is InChI=1S/C22H20N4O5/c1-28-15-6-10(7-16(29-2)20(15)30-3)17-12-5-4-11(27)8-14(12)31-22-18(17)19(24)13(9-23)21(25)26-22/h4-8,17,27H,1-3H3,(H4,24,25,26). The molecule has 0 aliphatic carbocycles. The summed E-state index contributed by atoms with van der Waals surface area (Å²) in [4.78, 5) is 4.25. The molecule has 3 aromatic rings. The number of hydrogen-bond acceptors (Lipinski definition) is 9. The molecule has 0 spiro atoms. The van der Waals surface area contributed by atoms with Gasteiger partial charge in [0.05, 0.1) is 32.6 Å². The molecule has 0 fully saturated rings. The number of ether oxygens (including phenoxy) is 4. The fraction of sp³-hybridized carbons (Fsp3) is 0.182. The lowest BCUT2D eigenvalue weighted by Crippen LogP contribution is -2.17. The van der Waals surface area contributed by atoms with Gasteiger partial charge in [0.25, 0.3) is 0 Å². The highest BCUT2D eigenvalue weighted by atomic mass is 16.5. The average molecular weight is 420 g/mol. The molecule has 9 nitrogen and oxygen atoms in total.